The van der Waals surface area contributed by atoms with Crippen molar-refractivity contribution >= 4 is 17.3 Å². The maximum atomic E-state index is 11.0. The Morgan fingerprint density at radius 3 is 2.88 bits per heavy atom. The van der Waals surface area contributed by atoms with Crippen molar-refractivity contribution in [2.45, 2.75) is 39.3 Å². The van der Waals surface area contributed by atoms with E-state index >= 15 is 0 Å². The number of nitrogens with zero attached hydrogens (tertiary/aromatic N) is 1. The smallest absolute Gasteiger partial charge is 0.306 e. The van der Waals surface area contributed by atoms with E-state index in [1.807, 2.05) is 11.3 Å². The molecule has 0 spiro atoms. The van der Waals surface area contributed by atoms with Crippen LogP contribution in [0.5, 0.6) is 0 Å². The lowest BCUT2D eigenvalue weighted by Gasteiger charge is -2.35. The van der Waals surface area contributed by atoms with E-state index in [9.17, 15) is 4.79 Å². The van der Waals surface area contributed by atoms with Crippen LogP contribution < -0.4 is 0 Å². The number of carbonyl (C=O) groups is 1. The van der Waals surface area contributed by atoms with Crippen molar-refractivity contribution in [3.63, 3.8) is 0 Å². The van der Waals surface area contributed by atoms with E-state index in [-0.39, 0.29) is 5.92 Å². The molecule has 0 bridgehead atoms. The van der Waals surface area contributed by atoms with Crippen molar-refractivity contribution in [1.29, 1.82) is 0 Å². The van der Waals surface area contributed by atoms with Crippen LogP contribution in [0.3, 0.4) is 0 Å². The molecule has 1 aliphatic heterocycles. The zero-order chi connectivity index (χ0) is 12.4. The van der Waals surface area contributed by atoms with Crippen LogP contribution >= 0.6 is 11.3 Å². The second-order valence-electron chi connectivity index (χ2n) is 4.89. The van der Waals surface area contributed by atoms with E-state index in [1.54, 1.807) is 0 Å². The highest BCUT2D eigenvalue weighted by Crippen LogP contribution is 2.26. The van der Waals surface area contributed by atoms with Gasteiger partial charge in [-0.2, -0.15) is 0 Å². The topological polar surface area (TPSA) is 40.5 Å². The van der Waals surface area contributed by atoms with Crippen LogP contribution in [0.1, 0.15) is 29.5 Å². The van der Waals surface area contributed by atoms with Gasteiger partial charge in [-0.15, -0.1) is 11.3 Å². The monoisotopic (exact) mass is 253 g/mol. The number of hydrogen-bond acceptors (Lipinski definition) is 3. The van der Waals surface area contributed by atoms with Crippen molar-refractivity contribution in [1.82, 2.24) is 4.90 Å². The Labute approximate surface area is 106 Å². The van der Waals surface area contributed by atoms with E-state index < -0.39 is 5.97 Å². The number of piperidine rings is 1. The van der Waals surface area contributed by atoms with Gasteiger partial charge in [0, 0.05) is 22.3 Å². The van der Waals surface area contributed by atoms with Crippen LogP contribution in [0.15, 0.2) is 12.1 Å². The molecule has 0 saturated carbocycles. The van der Waals surface area contributed by atoms with Crippen LogP contribution in [0.2, 0.25) is 0 Å². The molecule has 0 aromatic carbocycles. The molecule has 0 amide bonds. The lowest BCUT2D eigenvalue weighted by Crippen LogP contribution is -2.41. The van der Waals surface area contributed by atoms with Gasteiger partial charge in [-0.1, -0.05) is 0 Å². The number of likely N-dealkylation sites (tertiary alicyclic amines) is 1. The molecule has 1 fully saturated rings. The molecule has 0 radical (unpaired) electrons. The van der Waals surface area contributed by atoms with Gasteiger partial charge >= 0.3 is 5.97 Å². The average Bonchev–Trinajstić information content (AvgIpc) is 2.67. The van der Waals surface area contributed by atoms with E-state index in [4.69, 9.17) is 5.11 Å². The summed E-state index contributed by atoms with van der Waals surface area (Å²) in [7, 11) is 0. The zero-order valence-electron chi connectivity index (χ0n) is 10.3. The molecule has 0 aliphatic carbocycles. The van der Waals surface area contributed by atoms with Crippen molar-refractivity contribution in [3.05, 3.63) is 21.9 Å². The molecule has 1 N–H and O–H groups in total. The SMILES string of the molecule is Cc1ccc(CN2CCC(C(=O)O)CC2C)s1. The van der Waals surface area contributed by atoms with E-state index in [1.165, 1.54) is 9.75 Å². The molecule has 2 heterocycles. The Morgan fingerprint density at radius 2 is 2.35 bits per heavy atom. The summed E-state index contributed by atoms with van der Waals surface area (Å²) >= 11 is 1.83. The predicted molar refractivity (Wildman–Crippen MR) is 69.3 cm³/mol. The van der Waals surface area contributed by atoms with Crippen LogP contribution in [-0.4, -0.2) is 28.6 Å². The molecule has 4 heteroatoms. The fourth-order valence-corrected chi connectivity index (χ4v) is 3.37. The number of aliphatic carboxylic acids is 1. The largest absolute Gasteiger partial charge is 0.481 e. The molecular weight excluding hydrogens is 234 g/mol. The second-order valence-corrected chi connectivity index (χ2v) is 6.26. The summed E-state index contributed by atoms with van der Waals surface area (Å²) in [6, 6.07) is 4.69. The van der Waals surface area contributed by atoms with Gasteiger partial charge in [-0.25, -0.2) is 0 Å². The highest BCUT2D eigenvalue weighted by atomic mass is 32.1. The van der Waals surface area contributed by atoms with Gasteiger partial charge in [0.05, 0.1) is 5.92 Å². The first kappa shape index (κ1) is 12.6. The van der Waals surface area contributed by atoms with Crippen LogP contribution in [0, 0.1) is 12.8 Å². The minimum absolute atomic E-state index is 0.147. The number of thiophene rings is 1. The number of aryl methyl sites for hydroxylation is 1. The van der Waals surface area contributed by atoms with Crippen molar-refractivity contribution in [2.24, 2.45) is 5.92 Å². The van der Waals surface area contributed by atoms with E-state index in [0.29, 0.717) is 6.04 Å². The molecule has 2 rings (SSSR count). The fraction of sp³-hybridized carbons (Fsp3) is 0.615. The van der Waals surface area contributed by atoms with Gasteiger partial charge in [-0.3, -0.25) is 9.69 Å². The van der Waals surface area contributed by atoms with Crippen molar-refractivity contribution in [3.8, 4) is 0 Å². The first-order chi connectivity index (χ1) is 8.06. The third-order valence-electron chi connectivity index (χ3n) is 3.52. The highest BCUT2D eigenvalue weighted by Gasteiger charge is 2.29. The molecule has 2 unspecified atom stereocenters. The number of hydrogen-bond donors (Lipinski definition) is 1. The summed E-state index contributed by atoms with van der Waals surface area (Å²) in [6.45, 7) is 6.12. The van der Waals surface area contributed by atoms with Crippen LogP contribution in [0.4, 0.5) is 0 Å². The molecule has 1 saturated heterocycles. The number of carboxylic acid groups (broad SMARTS) is 1. The Kier molecular flexibility index (Phi) is 3.84. The summed E-state index contributed by atoms with van der Waals surface area (Å²) in [5, 5.41) is 9.02. The molecular formula is C13H19NO2S. The molecule has 2 atom stereocenters. The molecule has 3 nitrogen and oxygen atoms in total. The quantitative estimate of drug-likeness (QED) is 0.900. The molecule has 1 aliphatic rings. The minimum atomic E-state index is -0.636. The summed E-state index contributed by atoms with van der Waals surface area (Å²) in [5.41, 5.74) is 0. The Morgan fingerprint density at radius 1 is 1.59 bits per heavy atom. The second kappa shape index (κ2) is 5.19. The van der Waals surface area contributed by atoms with Gasteiger partial charge in [0.2, 0.25) is 0 Å². The lowest BCUT2D eigenvalue weighted by atomic mass is 9.92. The third kappa shape index (κ3) is 3.07. The highest BCUT2D eigenvalue weighted by molar-refractivity contribution is 7.11. The summed E-state index contributed by atoms with van der Waals surface area (Å²) in [5.74, 6) is -0.783. The zero-order valence-corrected chi connectivity index (χ0v) is 11.2. The molecule has 94 valence electrons. The Hall–Kier alpha value is -0.870. The van der Waals surface area contributed by atoms with Gasteiger partial charge in [0.15, 0.2) is 0 Å². The predicted octanol–water partition coefficient (Wildman–Crippen LogP) is 2.74. The lowest BCUT2D eigenvalue weighted by molar-refractivity contribution is -0.144. The van der Waals surface area contributed by atoms with Crippen LogP contribution in [0.25, 0.3) is 0 Å². The molecule has 1 aromatic rings. The Balaban J connectivity index is 1.93. The maximum Gasteiger partial charge on any atom is 0.306 e. The van der Waals surface area contributed by atoms with Crippen LogP contribution in [-0.2, 0) is 11.3 Å². The summed E-state index contributed by atoms with van der Waals surface area (Å²) in [6.07, 6.45) is 1.56. The standard InChI is InChI=1S/C13H19NO2S/c1-9-7-11(13(15)16)5-6-14(9)8-12-4-3-10(2)17-12/h3-4,9,11H,5-8H2,1-2H3,(H,15,16). The fourth-order valence-electron chi connectivity index (χ4n) is 2.45. The normalized spacial score (nSPS) is 26.0. The van der Waals surface area contributed by atoms with Crippen molar-refractivity contribution < 1.29 is 9.90 Å². The third-order valence-corrected chi connectivity index (χ3v) is 4.50. The summed E-state index contributed by atoms with van der Waals surface area (Å²) < 4.78 is 0. The van der Waals surface area contributed by atoms with Crippen molar-refractivity contribution in [2.75, 3.05) is 6.54 Å². The molecule has 1 aromatic heterocycles. The first-order valence-corrected chi connectivity index (χ1v) is 6.90. The number of rotatable bonds is 3. The maximum absolute atomic E-state index is 11.0. The van der Waals surface area contributed by atoms with Gasteiger partial charge in [0.25, 0.3) is 0 Å². The Bertz CT molecular complexity index is 402. The van der Waals surface area contributed by atoms with E-state index in [2.05, 4.69) is 30.9 Å². The average molecular weight is 253 g/mol. The van der Waals surface area contributed by atoms with Gasteiger partial charge < -0.3 is 5.11 Å². The first-order valence-electron chi connectivity index (χ1n) is 6.08. The summed E-state index contributed by atoms with van der Waals surface area (Å²) in [4.78, 5) is 16.1. The van der Waals surface area contributed by atoms with Gasteiger partial charge in [0.1, 0.15) is 0 Å². The minimum Gasteiger partial charge on any atom is -0.481 e. The van der Waals surface area contributed by atoms with E-state index in [0.717, 1.165) is 25.9 Å². The van der Waals surface area contributed by atoms with Gasteiger partial charge in [-0.05, 0) is 45.4 Å². The molecule has 17 heavy (non-hydrogen) atoms. The number of carboxylic acids is 1.